The molecule has 0 bridgehead atoms. The van der Waals surface area contributed by atoms with Crippen molar-refractivity contribution in [2.24, 2.45) is 4.99 Å². The summed E-state index contributed by atoms with van der Waals surface area (Å²) in [4.78, 5) is 24.6. The molecule has 1 aliphatic carbocycles. The average Bonchev–Trinajstić information content (AvgIpc) is 3.38. The second-order valence-corrected chi connectivity index (χ2v) is 8.27. The monoisotopic (exact) mass is 406 g/mol. The maximum absolute atomic E-state index is 11.9. The van der Waals surface area contributed by atoms with Gasteiger partial charge in [0.1, 0.15) is 0 Å². The van der Waals surface area contributed by atoms with Crippen LogP contribution in [0.4, 0.5) is 0 Å². The van der Waals surface area contributed by atoms with Gasteiger partial charge in [0.15, 0.2) is 0 Å². The molecule has 3 heterocycles. The third-order valence-corrected chi connectivity index (χ3v) is 6.33. The van der Waals surface area contributed by atoms with Crippen LogP contribution in [0.3, 0.4) is 0 Å². The third-order valence-electron chi connectivity index (χ3n) is 6.33. The number of carbonyl (C=O) groups is 1. The summed E-state index contributed by atoms with van der Waals surface area (Å²) in [5, 5.41) is 4.17. The predicted molar refractivity (Wildman–Crippen MR) is 122 cm³/mol. The van der Waals surface area contributed by atoms with Gasteiger partial charge in [-0.05, 0) is 77.4 Å². The fourth-order valence-corrected chi connectivity index (χ4v) is 4.74. The second-order valence-electron chi connectivity index (χ2n) is 8.27. The van der Waals surface area contributed by atoms with Crippen LogP contribution >= 0.6 is 0 Å². The normalized spacial score (nSPS) is 16.4. The van der Waals surface area contributed by atoms with Gasteiger partial charge in [-0.15, -0.1) is 0 Å². The highest BCUT2D eigenvalue weighted by atomic mass is 16.1. The fraction of sp³-hybridized carbons (Fsp3) is 0.192. The number of rotatable bonds is 3. The van der Waals surface area contributed by atoms with Crippen LogP contribution < -0.4 is 5.32 Å². The standard InChI is InChI=1S/C26H22N4O/c31-26-20-8-6-17(11-19(20)15-29-26)18-7-9-23-22(12-18)21-4-1-5-24(25(21)30-23)28-14-16-3-2-10-27-13-16/h2-3,6-13,30H,1,4-5,14-15H2,(H,29,31). The van der Waals surface area contributed by atoms with Gasteiger partial charge in [-0.1, -0.05) is 18.2 Å². The number of aromatic nitrogens is 2. The van der Waals surface area contributed by atoms with E-state index in [2.05, 4.69) is 45.6 Å². The van der Waals surface area contributed by atoms with Crippen LogP contribution in [0.25, 0.3) is 22.0 Å². The Bertz CT molecular complexity index is 1350. The van der Waals surface area contributed by atoms with Crippen molar-refractivity contribution < 1.29 is 4.79 Å². The summed E-state index contributed by atoms with van der Waals surface area (Å²) in [7, 11) is 0. The Labute approximate surface area is 180 Å². The van der Waals surface area contributed by atoms with Gasteiger partial charge in [0.05, 0.1) is 18.0 Å². The van der Waals surface area contributed by atoms with E-state index in [1.807, 2.05) is 24.4 Å². The minimum absolute atomic E-state index is 0.0230. The number of hydrogen-bond acceptors (Lipinski definition) is 3. The molecule has 4 aromatic rings. The third kappa shape index (κ3) is 3.13. The molecule has 2 N–H and O–H groups in total. The van der Waals surface area contributed by atoms with Crippen molar-refractivity contribution in [2.75, 3.05) is 0 Å². The smallest absolute Gasteiger partial charge is 0.251 e. The molecule has 152 valence electrons. The van der Waals surface area contributed by atoms with Crippen LogP contribution in [0.15, 0.2) is 65.9 Å². The van der Waals surface area contributed by atoms with E-state index in [0.29, 0.717) is 13.1 Å². The summed E-state index contributed by atoms with van der Waals surface area (Å²) in [6, 6.07) is 16.7. The number of H-pyrrole nitrogens is 1. The van der Waals surface area contributed by atoms with Gasteiger partial charge in [0.25, 0.3) is 5.91 Å². The van der Waals surface area contributed by atoms with Crippen molar-refractivity contribution in [3.05, 3.63) is 88.9 Å². The van der Waals surface area contributed by atoms with Gasteiger partial charge in [-0.2, -0.15) is 0 Å². The molecule has 5 heteroatoms. The Morgan fingerprint density at radius 2 is 1.94 bits per heavy atom. The molecule has 2 aromatic heterocycles. The minimum Gasteiger partial charge on any atom is -0.353 e. The topological polar surface area (TPSA) is 70.1 Å². The number of nitrogens with one attached hydrogen (secondary N) is 2. The Morgan fingerprint density at radius 1 is 1.03 bits per heavy atom. The maximum atomic E-state index is 11.9. The Morgan fingerprint density at radius 3 is 2.84 bits per heavy atom. The average molecular weight is 406 g/mol. The molecule has 0 spiro atoms. The first-order chi connectivity index (χ1) is 15.3. The number of fused-ring (bicyclic) bond motifs is 4. The SMILES string of the molecule is O=C1NCc2cc(-c3ccc4[nH]c5c(c4c3)CCCC5=NCc3cccnc3)ccc21. The minimum atomic E-state index is 0.0230. The van der Waals surface area contributed by atoms with Crippen molar-refractivity contribution >= 4 is 22.5 Å². The second kappa shape index (κ2) is 7.20. The van der Waals surface area contributed by atoms with Crippen molar-refractivity contribution in [2.45, 2.75) is 32.4 Å². The van der Waals surface area contributed by atoms with E-state index in [1.165, 1.54) is 22.2 Å². The molecule has 0 radical (unpaired) electrons. The molecule has 0 fully saturated rings. The summed E-state index contributed by atoms with van der Waals surface area (Å²) in [5.74, 6) is 0.0230. The molecule has 6 rings (SSSR count). The number of aromatic amines is 1. The first kappa shape index (κ1) is 18.1. The lowest BCUT2D eigenvalue weighted by Gasteiger charge is -2.14. The van der Waals surface area contributed by atoms with Gasteiger partial charge >= 0.3 is 0 Å². The Kier molecular flexibility index (Phi) is 4.20. The van der Waals surface area contributed by atoms with Crippen LogP contribution in [0.1, 0.15) is 45.6 Å². The zero-order chi connectivity index (χ0) is 20.8. The first-order valence-electron chi connectivity index (χ1n) is 10.7. The molecular formula is C26H22N4O. The highest BCUT2D eigenvalue weighted by Gasteiger charge is 2.22. The van der Waals surface area contributed by atoms with Gasteiger partial charge < -0.3 is 10.3 Å². The van der Waals surface area contributed by atoms with Crippen molar-refractivity contribution in [1.82, 2.24) is 15.3 Å². The summed E-state index contributed by atoms with van der Waals surface area (Å²) >= 11 is 0. The van der Waals surface area contributed by atoms with Crippen molar-refractivity contribution in [1.29, 1.82) is 0 Å². The van der Waals surface area contributed by atoms with Crippen molar-refractivity contribution in [3.8, 4) is 11.1 Å². The van der Waals surface area contributed by atoms with E-state index >= 15 is 0 Å². The number of nitrogens with zero attached hydrogens (tertiary/aromatic N) is 2. The van der Waals surface area contributed by atoms with Crippen LogP contribution in [0.2, 0.25) is 0 Å². The van der Waals surface area contributed by atoms with Crippen LogP contribution in [0, 0.1) is 0 Å². The molecule has 5 nitrogen and oxygen atoms in total. The number of amides is 1. The van der Waals surface area contributed by atoms with Gasteiger partial charge in [0, 0.05) is 35.4 Å². The van der Waals surface area contributed by atoms with Gasteiger partial charge in [-0.25, -0.2) is 0 Å². The van der Waals surface area contributed by atoms with E-state index in [9.17, 15) is 4.79 Å². The van der Waals surface area contributed by atoms with Gasteiger partial charge in [-0.3, -0.25) is 14.8 Å². The first-order valence-corrected chi connectivity index (χ1v) is 10.7. The highest BCUT2D eigenvalue weighted by Crippen LogP contribution is 2.33. The van der Waals surface area contributed by atoms with Crippen LogP contribution in [0.5, 0.6) is 0 Å². The molecule has 1 amide bonds. The molecule has 1 aliphatic heterocycles. The number of aliphatic imine (C=N–C) groups is 1. The molecule has 2 aliphatic rings. The summed E-state index contributed by atoms with van der Waals surface area (Å²) in [5.41, 5.74) is 10.2. The highest BCUT2D eigenvalue weighted by molar-refractivity contribution is 6.07. The number of hydrogen-bond donors (Lipinski definition) is 2. The number of pyridine rings is 1. The van der Waals surface area contributed by atoms with Crippen molar-refractivity contribution in [3.63, 3.8) is 0 Å². The molecule has 0 saturated heterocycles. The fourth-order valence-electron chi connectivity index (χ4n) is 4.74. The van der Waals surface area contributed by atoms with E-state index in [0.717, 1.165) is 52.7 Å². The summed E-state index contributed by atoms with van der Waals surface area (Å²) in [6.45, 7) is 1.27. The molecular weight excluding hydrogens is 384 g/mol. The Hall–Kier alpha value is -3.73. The largest absolute Gasteiger partial charge is 0.353 e. The number of carbonyl (C=O) groups excluding carboxylic acids is 1. The van der Waals surface area contributed by atoms with Crippen LogP contribution in [-0.2, 0) is 19.5 Å². The summed E-state index contributed by atoms with van der Waals surface area (Å²) in [6.07, 6.45) is 6.85. The van der Waals surface area contributed by atoms with E-state index in [-0.39, 0.29) is 5.91 Å². The maximum Gasteiger partial charge on any atom is 0.251 e. The van der Waals surface area contributed by atoms with Crippen LogP contribution in [-0.4, -0.2) is 21.6 Å². The molecule has 0 unspecified atom stereocenters. The van der Waals surface area contributed by atoms with Gasteiger partial charge in [0.2, 0.25) is 0 Å². The quantitative estimate of drug-likeness (QED) is 0.513. The number of benzene rings is 2. The van der Waals surface area contributed by atoms with E-state index in [1.54, 1.807) is 6.20 Å². The molecule has 2 aromatic carbocycles. The van der Waals surface area contributed by atoms with E-state index in [4.69, 9.17) is 4.99 Å². The zero-order valence-corrected chi connectivity index (χ0v) is 17.1. The Balaban J connectivity index is 1.38. The van der Waals surface area contributed by atoms with E-state index < -0.39 is 0 Å². The lowest BCUT2D eigenvalue weighted by atomic mass is 9.92. The number of aryl methyl sites for hydroxylation is 1. The molecule has 0 saturated carbocycles. The molecule has 31 heavy (non-hydrogen) atoms. The lowest BCUT2D eigenvalue weighted by molar-refractivity contribution is 0.0966. The lowest BCUT2D eigenvalue weighted by Crippen LogP contribution is -2.12. The zero-order valence-electron chi connectivity index (χ0n) is 17.1. The summed E-state index contributed by atoms with van der Waals surface area (Å²) < 4.78 is 0. The molecule has 0 atom stereocenters. The predicted octanol–water partition coefficient (Wildman–Crippen LogP) is 4.80.